The molecule has 1 saturated heterocycles. The van der Waals surface area contributed by atoms with Crippen molar-refractivity contribution in [3.63, 3.8) is 0 Å². The minimum atomic E-state index is -0.319. The van der Waals surface area contributed by atoms with E-state index in [0.29, 0.717) is 29.5 Å². The molecule has 6 nitrogen and oxygen atoms in total. The smallest absolute Gasteiger partial charge is 0.338 e. The van der Waals surface area contributed by atoms with Gasteiger partial charge in [-0.2, -0.15) is 5.10 Å². The van der Waals surface area contributed by atoms with Crippen LogP contribution in [-0.4, -0.2) is 39.1 Å². The predicted molar refractivity (Wildman–Crippen MR) is 83.3 cm³/mol. The van der Waals surface area contributed by atoms with E-state index in [1.54, 1.807) is 17.0 Å². The van der Waals surface area contributed by atoms with E-state index in [0.717, 1.165) is 18.4 Å². The van der Waals surface area contributed by atoms with E-state index < -0.39 is 0 Å². The van der Waals surface area contributed by atoms with Crippen molar-refractivity contribution in [2.75, 3.05) is 13.1 Å². The molecule has 2 heterocycles. The van der Waals surface area contributed by atoms with Crippen LogP contribution in [-0.2, 0) is 0 Å². The van der Waals surface area contributed by atoms with E-state index >= 15 is 0 Å². The zero-order chi connectivity index (χ0) is 15.7. The van der Waals surface area contributed by atoms with Crippen LogP contribution in [0.15, 0.2) is 23.0 Å². The Hall–Kier alpha value is -2.08. The van der Waals surface area contributed by atoms with Crippen molar-refractivity contribution in [2.45, 2.75) is 25.7 Å². The molecule has 1 atom stereocenters. The lowest BCUT2D eigenvalue weighted by atomic mass is 9.96. The van der Waals surface area contributed by atoms with E-state index in [1.165, 1.54) is 0 Å². The Balaban J connectivity index is 1.79. The number of nitrogens with one attached hydrogen (secondary N) is 2. The second kappa shape index (κ2) is 5.96. The van der Waals surface area contributed by atoms with Crippen LogP contribution in [0, 0.1) is 6.92 Å². The number of nitrogens with zero attached hydrogens (tertiary/aromatic N) is 2. The lowest BCUT2D eigenvalue weighted by Crippen LogP contribution is -2.39. The Bertz CT molecular complexity index is 752. The molecule has 2 aromatic rings. The highest BCUT2D eigenvalue weighted by Gasteiger charge is 2.28. The molecule has 2 N–H and O–H groups in total. The number of carbonyl (C=O) groups is 1. The van der Waals surface area contributed by atoms with Crippen molar-refractivity contribution in [2.24, 2.45) is 0 Å². The third kappa shape index (κ3) is 2.92. The molecular formula is C15H17ClN4O2. The number of aromatic nitrogens is 3. The maximum Gasteiger partial charge on any atom is 0.340 e. The van der Waals surface area contributed by atoms with E-state index in [1.807, 2.05) is 13.0 Å². The Kier molecular flexibility index (Phi) is 4.02. The first-order valence-electron chi connectivity index (χ1n) is 7.24. The first-order valence-corrected chi connectivity index (χ1v) is 7.62. The average molecular weight is 321 g/mol. The summed E-state index contributed by atoms with van der Waals surface area (Å²) >= 11 is 6.19. The van der Waals surface area contributed by atoms with Crippen LogP contribution in [0.4, 0.5) is 0 Å². The fourth-order valence-electron chi connectivity index (χ4n) is 2.83. The third-order valence-electron chi connectivity index (χ3n) is 3.97. The molecule has 3 rings (SSSR count). The first-order chi connectivity index (χ1) is 10.5. The normalized spacial score (nSPS) is 18.5. The predicted octanol–water partition coefficient (Wildman–Crippen LogP) is 2.08. The molecule has 0 spiro atoms. The summed E-state index contributed by atoms with van der Waals surface area (Å²) in [5.74, 6) is 0.575. The molecule has 0 aliphatic carbocycles. The molecule has 1 aromatic carbocycles. The van der Waals surface area contributed by atoms with Crippen molar-refractivity contribution in [1.82, 2.24) is 20.1 Å². The summed E-state index contributed by atoms with van der Waals surface area (Å²) in [6.07, 6.45) is 1.76. The van der Waals surface area contributed by atoms with Gasteiger partial charge >= 0.3 is 5.69 Å². The van der Waals surface area contributed by atoms with E-state index in [-0.39, 0.29) is 17.5 Å². The van der Waals surface area contributed by atoms with Crippen molar-refractivity contribution in [1.29, 1.82) is 0 Å². The first kappa shape index (κ1) is 14.8. The van der Waals surface area contributed by atoms with Gasteiger partial charge in [0.25, 0.3) is 5.91 Å². The minimum Gasteiger partial charge on any atom is -0.338 e. The topological polar surface area (TPSA) is 81.8 Å². The molecule has 1 unspecified atom stereocenters. The van der Waals surface area contributed by atoms with Crippen LogP contribution in [0.5, 0.6) is 0 Å². The number of carbonyl (C=O) groups excluding carboxylic acids is 1. The van der Waals surface area contributed by atoms with Crippen LogP contribution in [0.1, 0.15) is 40.5 Å². The molecule has 0 bridgehead atoms. The van der Waals surface area contributed by atoms with Gasteiger partial charge in [0, 0.05) is 19.0 Å². The summed E-state index contributed by atoms with van der Waals surface area (Å²) in [5.41, 5.74) is 1.22. The standard InChI is InChI=1S/C15H17ClN4O2/c1-9-4-5-11(12(16)7-9)14(21)20-6-2-3-10(8-20)13-17-15(22)19-18-13/h4-5,7,10H,2-3,6,8H2,1H3,(H2,17,18,19,22). The largest absolute Gasteiger partial charge is 0.340 e. The van der Waals surface area contributed by atoms with E-state index in [9.17, 15) is 9.59 Å². The Labute approximate surface area is 132 Å². The fraction of sp³-hybridized carbons (Fsp3) is 0.400. The van der Waals surface area contributed by atoms with Gasteiger partial charge in [-0.15, -0.1) is 0 Å². The van der Waals surface area contributed by atoms with Crippen molar-refractivity contribution in [3.05, 3.63) is 50.7 Å². The highest BCUT2D eigenvalue weighted by Crippen LogP contribution is 2.26. The summed E-state index contributed by atoms with van der Waals surface area (Å²) in [6.45, 7) is 3.16. The summed E-state index contributed by atoms with van der Waals surface area (Å²) in [5, 5.41) is 6.82. The van der Waals surface area contributed by atoms with Gasteiger partial charge in [-0.3, -0.25) is 9.78 Å². The molecule has 1 aliphatic rings. The number of aryl methyl sites for hydroxylation is 1. The van der Waals surface area contributed by atoms with Gasteiger partial charge in [0.05, 0.1) is 10.6 Å². The Morgan fingerprint density at radius 2 is 2.27 bits per heavy atom. The Morgan fingerprint density at radius 1 is 1.45 bits per heavy atom. The van der Waals surface area contributed by atoms with Crippen LogP contribution >= 0.6 is 11.6 Å². The van der Waals surface area contributed by atoms with Crippen molar-refractivity contribution >= 4 is 17.5 Å². The number of benzene rings is 1. The number of aromatic amines is 2. The van der Waals surface area contributed by atoms with Gasteiger partial charge < -0.3 is 4.90 Å². The number of amides is 1. The number of hydrogen-bond donors (Lipinski definition) is 2. The van der Waals surface area contributed by atoms with E-state index in [2.05, 4.69) is 15.2 Å². The molecule has 1 aromatic heterocycles. The molecule has 0 radical (unpaired) electrons. The van der Waals surface area contributed by atoms with Crippen LogP contribution < -0.4 is 5.69 Å². The van der Waals surface area contributed by atoms with Crippen LogP contribution in [0.25, 0.3) is 0 Å². The molecular weight excluding hydrogens is 304 g/mol. The molecule has 116 valence electrons. The summed E-state index contributed by atoms with van der Waals surface area (Å²) in [7, 11) is 0. The van der Waals surface area contributed by atoms with Gasteiger partial charge in [0.1, 0.15) is 5.82 Å². The lowest BCUT2D eigenvalue weighted by molar-refractivity contribution is 0.0705. The Morgan fingerprint density at radius 3 is 2.95 bits per heavy atom. The maximum absolute atomic E-state index is 12.7. The zero-order valence-electron chi connectivity index (χ0n) is 12.2. The molecule has 22 heavy (non-hydrogen) atoms. The van der Waals surface area contributed by atoms with Crippen molar-refractivity contribution < 1.29 is 4.79 Å². The second-order valence-electron chi connectivity index (χ2n) is 5.64. The monoisotopic (exact) mass is 320 g/mol. The zero-order valence-corrected chi connectivity index (χ0v) is 13.0. The number of likely N-dealkylation sites (tertiary alicyclic amines) is 1. The van der Waals surface area contributed by atoms with Gasteiger partial charge in [0.2, 0.25) is 0 Å². The van der Waals surface area contributed by atoms with E-state index in [4.69, 9.17) is 11.6 Å². The quantitative estimate of drug-likeness (QED) is 0.888. The molecule has 1 aliphatic heterocycles. The maximum atomic E-state index is 12.7. The lowest BCUT2D eigenvalue weighted by Gasteiger charge is -2.31. The number of halogens is 1. The average Bonchev–Trinajstić information content (AvgIpc) is 2.93. The number of rotatable bonds is 2. The molecule has 7 heteroatoms. The fourth-order valence-corrected chi connectivity index (χ4v) is 3.14. The summed E-state index contributed by atoms with van der Waals surface area (Å²) in [6, 6.07) is 5.44. The number of H-pyrrole nitrogens is 2. The summed E-state index contributed by atoms with van der Waals surface area (Å²) in [4.78, 5) is 28.3. The third-order valence-corrected chi connectivity index (χ3v) is 4.28. The molecule has 1 fully saturated rings. The molecule has 0 saturated carbocycles. The minimum absolute atomic E-state index is 0.0425. The summed E-state index contributed by atoms with van der Waals surface area (Å²) < 4.78 is 0. The highest BCUT2D eigenvalue weighted by atomic mass is 35.5. The van der Waals surface area contributed by atoms with Crippen molar-refractivity contribution in [3.8, 4) is 0 Å². The number of hydrogen-bond acceptors (Lipinski definition) is 3. The number of piperidine rings is 1. The van der Waals surface area contributed by atoms with Crippen LogP contribution in [0.2, 0.25) is 5.02 Å². The van der Waals surface area contributed by atoms with Gasteiger partial charge in [-0.05, 0) is 37.5 Å². The molecule has 1 amide bonds. The van der Waals surface area contributed by atoms with Gasteiger partial charge in [-0.1, -0.05) is 17.7 Å². The van der Waals surface area contributed by atoms with Gasteiger partial charge in [-0.25, -0.2) is 9.89 Å². The van der Waals surface area contributed by atoms with Gasteiger partial charge in [0.15, 0.2) is 0 Å². The second-order valence-corrected chi connectivity index (χ2v) is 6.04. The highest BCUT2D eigenvalue weighted by molar-refractivity contribution is 6.33. The SMILES string of the molecule is Cc1ccc(C(=O)N2CCCC(c3n[nH]c(=O)[nH]3)C2)c(Cl)c1. The van der Waals surface area contributed by atoms with Crippen LogP contribution in [0.3, 0.4) is 0 Å².